The minimum Gasteiger partial charge on any atom is -0.478 e. The van der Waals surface area contributed by atoms with E-state index in [1.54, 1.807) is 6.07 Å². The molecule has 4 nitrogen and oxygen atoms in total. The molecule has 0 heterocycles. The van der Waals surface area contributed by atoms with Crippen LogP contribution in [-0.4, -0.2) is 25.2 Å². The molecule has 0 amide bonds. The normalized spacial score (nSPS) is 11.5. The smallest absolute Gasteiger partial charge is 0.336 e. The molecule has 5 heteroatoms. The molecule has 1 aromatic carbocycles. The summed E-state index contributed by atoms with van der Waals surface area (Å²) in [5.41, 5.74) is 0.744. The summed E-state index contributed by atoms with van der Waals surface area (Å²) in [6.07, 6.45) is 5.37. The number of rotatable bonds is 9. The standard InChI is InChI=1S/C16H24O4S/c1-3-5-6-7-8-11-21(19,20)14-10-9-13(4-2)15(12-14)16(17)18/h9-10,12H,3-8,11H2,1-2H3,(H,17,18). The maximum absolute atomic E-state index is 12.2. The van der Waals surface area contributed by atoms with Gasteiger partial charge in [0.25, 0.3) is 0 Å². The van der Waals surface area contributed by atoms with E-state index in [0.29, 0.717) is 18.4 Å². The molecule has 118 valence electrons. The van der Waals surface area contributed by atoms with Gasteiger partial charge >= 0.3 is 5.97 Å². The van der Waals surface area contributed by atoms with E-state index >= 15 is 0 Å². The Morgan fingerprint density at radius 2 is 1.76 bits per heavy atom. The number of aromatic carboxylic acids is 1. The number of carbonyl (C=O) groups is 1. The molecule has 0 aliphatic carbocycles. The highest BCUT2D eigenvalue weighted by molar-refractivity contribution is 7.91. The molecule has 0 saturated heterocycles. The van der Waals surface area contributed by atoms with Gasteiger partial charge in [0, 0.05) is 0 Å². The lowest BCUT2D eigenvalue weighted by molar-refractivity contribution is 0.0695. The van der Waals surface area contributed by atoms with Crippen LogP contribution in [0.25, 0.3) is 0 Å². The van der Waals surface area contributed by atoms with Gasteiger partial charge in [-0.2, -0.15) is 0 Å². The molecular weight excluding hydrogens is 288 g/mol. The molecule has 0 radical (unpaired) electrons. The van der Waals surface area contributed by atoms with Crippen LogP contribution in [0, 0.1) is 0 Å². The number of hydrogen-bond donors (Lipinski definition) is 1. The number of sulfone groups is 1. The number of benzene rings is 1. The summed E-state index contributed by atoms with van der Waals surface area (Å²) in [5, 5.41) is 9.17. The van der Waals surface area contributed by atoms with Gasteiger partial charge < -0.3 is 5.11 Å². The lowest BCUT2D eigenvalue weighted by atomic mass is 10.1. The minimum atomic E-state index is -3.39. The molecule has 21 heavy (non-hydrogen) atoms. The third-order valence-electron chi connectivity index (χ3n) is 3.57. The molecule has 0 aromatic heterocycles. The summed E-state index contributed by atoms with van der Waals surface area (Å²) in [6.45, 7) is 3.96. The molecule has 0 aliphatic heterocycles. The number of carboxylic acids is 1. The Kier molecular flexibility index (Phi) is 6.89. The highest BCUT2D eigenvalue weighted by Gasteiger charge is 2.18. The van der Waals surface area contributed by atoms with E-state index in [2.05, 4.69) is 6.92 Å². The molecule has 0 saturated carbocycles. The van der Waals surface area contributed by atoms with Crippen molar-refractivity contribution in [1.29, 1.82) is 0 Å². The maximum atomic E-state index is 12.2. The second-order valence-corrected chi connectivity index (χ2v) is 7.32. The molecule has 0 fully saturated rings. The number of unbranched alkanes of at least 4 members (excludes halogenated alkanes) is 4. The fraction of sp³-hybridized carbons (Fsp3) is 0.562. The fourth-order valence-corrected chi connectivity index (χ4v) is 3.66. The maximum Gasteiger partial charge on any atom is 0.336 e. The van der Waals surface area contributed by atoms with Crippen LogP contribution in [0.2, 0.25) is 0 Å². The largest absolute Gasteiger partial charge is 0.478 e. The van der Waals surface area contributed by atoms with E-state index in [0.717, 1.165) is 25.7 Å². The SMILES string of the molecule is CCCCCCCS(=O)(=O)c1ccc(CC)c(C(=O)O)c1. The van der Waals surface area contributed by atoms with Crippen molar-refractivity contribution in [3.63, 3.8) is 0 Å². The highest BCUT2D eigenvalue weighted by Crippen LogP contribution is 2.19. The Bertz CT molecular complexity index is 576. The third-order valence-corrected chi connectivity index (χ3v) is 5.37. The van der Waals surface area contributed by atoms with Crippen molar-refractivity contribution in [2.75, 3.05) is 5.75 Å². The van der Waals surface area contributed by atoms with Gasteiger partial charge in [-0.1, -0.05) is 45.6 Å². The van der Waals surface area contributed by atoms with Crippen LogP contribution in [0.15, 0.2) is 23.1 Å². The van der Waals surface area contributed by atoms with Gasteiger partial charge in [-0.3, -0.25) is 0 Å². The van der Waals surface area contributed by atoms with E-state index in [1.807, 2.05) is 6.92 Å². The van der Waals surface area contributed by atoms with E-state index in [1.165, 1.54) is 12.1 Å². The number of carboxylic acid groups (broad SMARTS) is 1. The molecule has 0 aliphatic rings. The Balaban J connectivity index is 2.83. The Hall–Kier alpha value is -1.36. The zero-order valence-corrected chi connectivity index (χ0v) is 13.6. The predicted octanol–water partition coefficient (Wildman–Crippen LogP) is 3.69. The monoisotopic (exact) mass is 312 g/mol. The molecule has 1 aromatic rings. The van der Waals surface area contributed by atoms with Crippen molar-refractivity contribution in [3.05, 3.63) is 29.3 Å². The highest BCUT2D eigenvalue weighted by atomic mass is 32.2. The van der Waals surface area contributed by atoms with Crippen molar-refractivity contribution in [1.82, 2.24) is 0 Å². The first-order chi connectivity index (χ1) is 9.92. The molecule has 0 spiro atoms. The number of hydrogen-bond acceptors (Lipinski definition) is 3. The summed E-state index contributed by atoms with van der Waals surface area (Å²) in [7, 11) is -3.39. The molecule has 0 atom stereocenters. The van der Waals surface area contributed by atoms with Crippen LogP contribution in [0.4, 0.5) is 0 Å². The number of aryl methyl sites for hydroxylation is 1. The third kappa shape index (κ3) is 5.16. The van der Waals surface area contributed by atoms with Crippen molar-refractivity contribution in [3.8, 4) is 0 Å². The Labute approximate surface area is 127 Å². The van der Waals surface area contributed by atoms with E-state index in [-0.39, 0.29) is 16.2 Å². The van der Waals surface area contributed by atoms with Crippen LogP contribution >= 0.6 is 0 Å². The molecule has 0 bridgehead atoms. The van der Waals surface area contributed by atoms with Crippen LogP contribution in [0.3, 0.4) is 0 Å². The summed E-state index contributed by atoms with van der Waals surface area (Å²) in [5.74, 6) is -0.992. The lowest BCUT2D eigenvalue weighted by Crippen LogP contribution is -2.10. The van der Waals surface area contributed by atoms with Crippen molar-refractivity contribution < 1.29 is 18.3 Å². The summed E-state index contributed by atoms with van der Waals surface area (Å²) in [6, 6.07) is 4.42. The van der Waals surface area contributed by atoms with E-state index in [9.17, 15) is 13.2 Å². The molecular formula is C16H24O4S. The second kappa shape index (κ2) is 8.17. The molecule has 0 unspecified atom stereocenters. The lowest BCUT2D eigenvalue weighted by Gasteiger charge is -2.08. The van der Waals surface area contributed by atoms with Crippen LogP contribution in [0.1, 0.15) is 61.9 Å². The van der Waals surface area contributed by atoms with Crippen molar-refractivity contribution in [2.45, 2.75) is 57.3 Å². The minimum absolute atomic E-state index is 0.0846. The zero-order chi connectivity index (χ0) is 15.9. The van der Waals surface area contributed by atoms with Crippen molar-refractivity contribution in [2.24, 2.45) is 0 Å². The zero-order valence-electron chi connectivity index (χ0n) is 12.8. The first-order valence-corrected chi connectivity index (χ1v) is 9.16. The summed E-state index contributed by atoms with van der Waals surface area (Å²) < 4.78 is 24.5. The van der Waals surface area contributed by atoms with Gasteiger partial charge in [-0.25, -0.2) is 13.2 Å². The Morgan fingerprint density at radius 1 is 1.10 bits per heavy atom. The van der Waals surface area contributed by atoms with Gasteiger partial charge in [0.2, 0.25) is 0 Å². The van der Waals surface area contributed by atoms with Gasteiger partial charge in [0.15, 0.2) is 9.84 Å². The van der Waals surface area contributed by atoms with Crippen LogP contribution in [-0.2, 0) is 16.3 Å². The van der Waals surface area contributed by atoms with E-state index < -0.39 is 15.8 Å². The first kappa shape index (κ1) is 17.7. The molecule has 1 N–H and O–H groups in total. The van der Waals surface area contributed by atoms with E-state index in [4.69, 9.17) is 5.11 Å². The predicted molar refractivity (Wildman–Crippen MR) is 83.6 cm³/mol. The van der Waals surface area contributed by atoms with Gasteiger partial charge in [-0.15, -0.1) is 0 Å². The average molecular weight is 312 g/mol. The average Bonchev–Trinajstić information content (AvgIpc) is 2.46. The first-order valence-electron chi connectivity index (χ1n) is 7.51. The van der Waals surface area contributed by atoms with Gasteiger partial charge in [0.05, 0.1) is 16.2 Å². The summed E-state index contributed by atoms with van der Waals surface area (Å²) in [4.78, 5) is 11.3. The summed E-state index contributed by atoms with van der Waals surface area (Å²) >= 11 is 0. The Morgan fingerprint density at radius 3 is 2.33 bits per heavy atom. The quantitative estimate of drug-likeness (QED) is 0.706. The van der Waals surface area contributed by atoms with Crippen LogP contribution < -0.4 is 0 Å². The van der Waals surface area contributed by atoms with Crippen molar-refractivity contribution >= 4 is 15.8 Å². The van der Waals surface area contributed by atoms with Gasteiger partial charge in [-0.05, 0) is 30.5 Å². The topological polar surface area (TPSA) is 71.4 Å². The van der Waals surface area contributed by atoms with Gasteiger partial charge in [0.1, 0.15) is 0 Å². The van der Waals surface area contributed by atoms with Crippen LogP contribution in [0.5, 0.6) is 0 Å². The second-order valence-electron chi connectivity index (χ2n) is 5.21. The fourth-order valence-electron chi connectivity index (χ4n) is 2.27. The molecule has 1 rings (SSSR count).